The maximum absolute atomic E-state index is 13.3. The Morgan fingerprint density at radius 1 is 1.08 bits per heavy atom. The third kappa shape index (κ3) is 5.73. The number of hydrogen-bond acceptors (Lipinski definition) is 6. The lowest BCUT2D eigenvalue weighted by Crippen LogP contribution is -2.56. The zero-order chi connectivity index (χ0) is 27.4. The van der Waals surface area contributed by atoms with Crippen LogP contribution in [0.3, 0.4) is 0 Å². The monoisotopic (exact) mass is 560 g/mol. The highest BCUT2D eigenvalue weighted by Crippen LogP contribution is 2.32. The molecule has 2 heterocycles. The summed E-state index contributed by atoms with van der Waals surface area (Å²) in [6, 6.07) is 14.2. The topological polar surface area (TPSA) is 99.3 Å². The first-order valence-electron chi connectivity index (χ1n) is 12.7. The largest absolute Gasteiger partial charge is 0.463 e. The van der Waals surface area contributed by atoms with E-state index >= 15 is 0 Å². The summed E-state index contributed by atoms with van der Waals surface area (Å²) >= 11 is 5.94. The van der Waals surface area contributed by atoms with Gasteiger partial charge in [0, 0.05) is 49.5 Å². The molecule has 2 aromatic rings. The van der Waals surface area contributed by atoms with E-state index in [1.807, 2.05) is 44.2 Å². The molecule has 2 amide bonds. The molecule has 2 atom stereocenters. The number of halogens is 1. The number of nitrogens with one attached hydrogen (secondary N) is 1. The molecule has 38 heavy (non-hydrogen) atoms. The van der Waals surface area contributed by atoms with Crippen LogP contribution in [0.5, 0.6) is 0 Å². The van der Waals surface area contributed by atoms with Gasteiger partial charge < -0.3 is 10.1 Å². The number of likely N-dealkylation sites (N-methyl/N-ethyl adjacent to an activating group) is 1. The summed E-state index contributed by atoms with van der Waals surface area (Å²) < 4.78 is 33.5. The highest BCUT2D eigenvalue weighted by atomic mass is 35.5. The van der Waals surface area contributed by atoms with Crippen molar-refractivity contribution in [2.75, 3.05) is 39.3 Å². The summed E-state index contributed by atoms with van der Waals surface area (Å²) in [6.45, 7) is 7.47. The first-order chi connectivity index (χ1) is 18.2. The standard InChI is InChI=1S/C27H33ClN4O5S/c1-4-31-23(24(26(33)37-5-2)25(29-27(31)34)20-9-7-6-8-10-20)18-30-15-16-32(19(3)17-30)38(35,36)22-13-11-21(28)12-14-22/h6-14,19,25H,4-5,15-18H2,1-3H3,(H,29,34)/t19-,25+/m0/s1. The Morgan fingerprint density at radius 3 is 2.37 bits per heavy atom. The highest BCUT2D eigenvalue weighted by molar-refractivity contribution is 7.89. The molecule has 2 aliphatic heterocycles. The van der Waals surface area contributed by atoms with Gasteiger partial charge in [-0.15, -0.1) is 0 Å². The van der Waals surface area contributed by atoms with Crippen LogP contribution in [0.4, 0.5) is 4.79 Å². The lowest BCUT2D eigenvalue weighted by Gasteiger charge is -2.42. The number of hydrogen-bond donors (Lipinski definition) is 1. The van der Waals surface area contributed by atoms with Gasteiger partial charge in [-0.05, 0) is 50.6 Å². The highest BCUT2D eigenvalue weighted by Gasteiger charge is 2.40. The minimum atomic E-state index is -3.70. The minimum Gasteiger partial charge on any atom is -0.463 e. The van der Waals surface area contributed by atoms with Crippen LogP contribution in [-0.2, 0) is 19.6 Å². The quantitative estimate of drug-likeness (QED) is 0.495. The van der Waals surface area contributed by atoms with Crippen molar-refractivity contribution >= 4 is 33.6 Å². The van der Waals surface area contributed by atoms with Crippen molar-refractivity contribution in [2.45, 2.75) is 37.8 Å². The van der Waals surface area contributed by atoms with E-state index in [1.54, 1.807) is 24.0 Å². The molecule has 0 saturated carbocycles. The number of nitrogens with zero attached hydrogens (tertiary/aromatic N) is 3. The smallest absolute Gasteiger partial charge is 0.338 e. The van der Waals surface area contributed by atoms with Gasteiger partial charge in [-0.2, -0.15) is 4.31 Å². The van der Waals surface area contributed by atoms with Crippen molar-refractivity contribution in [1.29, 1.82) is 0 Å². The number of piperazine rings is 1. The summed E-state index contributed by atoms with van der Waals surface area (Å²) in [4.78, 5) is 30.2. The van der Waals surface area contributed by atoms with Crippen molar-refractivity contribution in [3.8, 4) is 0 Å². The number of amides is 2. The van der Waals surface area contributed by atoms with Gasteiger partial charge >= 0.3 is 12.0 Å². The van der Waals surface area contributed by atoms with E-state index < -0.39 is 22.0 Å². The third-order valence-electron chi connectivity index (χ3n) is 6.83. The molecule has 0 bridgehead atoms. The summed E-state index contributed by atoms with van der Waals surface area (Å²) in [5.41, 5.74) is 1.75. The first-order valence-corrected chi connectivity index (χ1v) is 14.5. The van der Waals surface area contributed by atoms with E-state index in [1.165, 1.54) is 16.4 Å². The summed E-state index contributed by atoms with van der Waals surface area (Å²) in [5, 5.41) is 3.43. The molecule has 0 unspecified atom stereocenters. The molecule has 2 aliphatic rings. The molecule has 0 aromatic heterocycles. The number of esters is 1. The fourth-order valence-corrected chi connectivity index (χ4v) is 6.76. The second kappa shape index (κ2) is 11.9. The molecule has 0 spiro atoms. The third-order valence-corrected chi connectivity index (χ3v) is 9.11. The van der Waals surface area contributed by atoms with E-state index in [2.05, 4.69) is 10.2 Å². The van der Waals surface area contributed by atoms with Gasteiger partial charge in [0.1, 0.15) is 0 Å². The molecule has 204 valence electrons. The second-order valence-electron chi connectivity index (χ2n) is 9.27. The SMILES string of the molecule is CCOC(=O)C1=C(CN2CCN(S(=O)(=O)c3ccc(Cl)cc3)[C@@H](C)C2)N(CC)C(=O)N[C@@H]1c1ccccc1. The molecule has 9 nitrogen and oxygen atoms in total. The van der Waals surface area contributed by atoms with Gasteiger partial charge in [-0.1, -0.05) is 41.9 Å². The molecule has 0 aliphatic carbocycles. The Bertz CT molecular complexity index is 1300. The van der Waals surface area contributed by atoms with Gasteiger partial charge in [-0.3, -0.25) is 9.80 Å². The van der Waals surface area contributed by atoms with Gasteiger partial charge in [0.05, 0.1) is 23.1 Å². The van der Waals surface area contributed by atoms with Crippen LogP contribution in [0.25, 0.3) is 0 Å². The summed E-state index contributed by atoms with van der Waals surface area (Å²) in [6.07, 6.45) is 0. The van der Waals surface area contributed by atoms with E-state index in [4.69, 9.17) is 16.3 Å². The van der Waals surface area contributed by atoms with Crippen molar-refractivity contribution in [3.05, 3.63) is 76.5 Å². The zero-order valence-electron chi connectivity index (χ0n) is 21.8. The summed E-state index contributed by atoms with van der Waals surface area (Å²) in [7, 11) is -3.70. The van der Waals surface area contributed by atoms with Crippen LogP contribution >= 0.6 is 11.6 Å². The van der Waals surface area contributed by atoms with E-state index in [-0.39, 0.29) is 30.1 Å². The molecule has 4 rings (SSSR count). The van der Waals surface area contributed by atoms with Crippen LogP contribution in [0.15, 0.2) is 70.8 Å². The maximum atomic E-state index is 13.3. The molecule has 1 saturated heterocycles. The van der Waals surface area contributed by atoms with Crippen LogP contribution < -0.4 is 5.32 Å². The number of sulfonamides is 1. The molecule has 11 heteroatoms. The Labute approximate surface area is 229 Å². The van der Waals surface area contributed by atoms with E-state index in [0.29, 0.717) is 42.5 Å². The predicted octanol–water partition coefficient (Wildman–Crippen LogP) is 3.64. The average molecular weight is 561 g/mol. The maximum Gasteiger partial charge on any atom is 0.338 e. The molecular weight excluding hydrogens is 528 g/mol. The van der Waals surface area contributed by atoms with Crippen LogP contribution in [-0.4, -0.2) is 79.9 Å². The predicted molar refractivity (Wildman–Crippen MR) is 145 cm³/mol. The van der Waals surface area contributed by atoms with E-state index in [0.717, 1.165) is 5.56 Å². The van der Waals surface area contributed by atoms with Gasteiger partial charge in [0.2, 0.25) is 10.0 Å². The first kappa shape index (κ1) is 28.1. The number of carbonyl (C=O) groups excluding carboxylic acids is 2. The number of benzene rings is 2. The van der Waals surface area contributed by atoms with Crippen LogP contribution in [0, 0.1) is 0 Å². The number of urea groups is 1. The zero-order valence-corrected chi connectivity index (χ0v) is 23.3. The number of rotatable bonds is 8. The number of ether oxygens (including phenoxy) is 1. The molecule has 0 radical (unpaired) electrons. The Hall–Kier alpha value is -2.92. The summed E-state index contributed by atoms with van der Waals surface area (Å²) in [5.74, 6) is -0.480. The van der Waals surface area contributed by atoms with Crippen LogP contribution in [0.1, 0.15) is 32.4 Å². The van der Waals surface area contributed by atoms with Gasteiger partial charge in [0.15, 0.2) is 0 Å². The lowest BCUT2D eigenvalue weighted by molar-refractivity contribution is -0.139. The van der Waals surface area contributed by atoms with Crippen molar-refractivity contribution in [1.82, 2.24) is 19.4 Å². The van der Waals surface area contributed by atoms with Gasteiger partial charge in [0.25, 0.3) is 0 Å². The second-order valence-corrected chi connectivity index (χ2v) is 11.6. The van der Waals surface area contributed by atoms with Crippen molar-refractivity contribution in [3.63, 3.8) is 0 Å². The molecule has 2 aromatic carbocycles. The van der Waals surface area contributed by atoms with Crippen molar-refractivity contribution in [2.24, 2.45) is 0 Å². The fourth-order valence-electron chi connectivity index (χ4n) is 5.02. The fraction of sp³-hybridized carbons (Fsp3) is 0.407. The Balaban J connectivity index is 1.63. The van der Waals surface area contributed by atoms with Gasteiger partial charge in [-0.25, -0.2) is 18.0 Å². The molecular formula is C27H33ClN4O5S. The minimum absolute atomic E-state index is 0.196. The van der Waals surface area contributed by atoms with Crippen LogP contribution in [0.2, 0.25) is 5.02 Å². The average Bonchev–Trinajstić information content (AvgIpc) is 2.89. The normalized spacial score (nSPS) is 21.4. The molecule has 1 N–H and O–H groups in total. The Kier molecular flexibility index (Phi) is 8.77. The Morgan fingerprint density at radius 2 is 1.76 bits per heavy atom. The van der Waals surface area contributed by atoms with E-state index in [9.17, 15) is 18.0 Å². The number of carbonyl (C=O) groups is 2. The molecule has 1 fully saturated rings. The van der Waals surface area contributed by atoms with Crippen molar-refractivity contribution < 1.29 is 22.7 Å². The lowest BCUT2D eigenvalue weighted by atomic mass is 9.94.